The van der Waals surface area contributed by atoms with Crippen LogP contribution in [-0.2, 0) is 7.05 Å². The van der Waals surface area contributed by atoms with Crippen molar-refractivity contribution in [3.63, 3.8) is 0 Å². The van der Waals surface area contributed by atoms with Gasteiger partial charge in [-0.25, -0.2) is 0 Å². The number of aromatic nitrogens is 5. The molecule has 0 spiro atoms. The van der Waals surface area contributed by atoms with Crippen molar-refractivity contribution in [2.24, 2.45) is 7.05 Å². The van der Waals surface area contributed by atoms with E-state index >= 15 is 0 Å². The van der Waals surface area contributed by atoms with Crippen LogP contribution in [0, 0.1) is 0 Å². The highest BCUT2D eigenvalue weighted by atomic mass is 16.1. The molecule has 1 amide bonds. The molecular weight excluding hydrogens is 318 g/mol. The highest BCUT2D eigenvalue weighted by molar-refractivity contribution is 6.04. The Morgan fingerprint density at radius 3 is 2.80 bits per heavy atom. The zero-order valence-electron chi connectivity index (χ0n) is 13.4. The second-order valence-corrected chi connectivity index (χ2v) is 5.58. The Kier molecular flexibility index (Phi) is 3.62. The van der Waals surface area contributed by atoms with Gasteiger partial charge in [0, 0.05) is 30.8 Å². The van der Waals surface area contributed by atoms with Gasteiger partial charge in [-0.3, -0.25) is 13.9 Å². The number of nitrogens with zero attached hydrogens (tertiary/aromatic N) is 5. The van der Waals surface area contributed by atoms with Gasteiger partial charge in [0.25, 0.3) is 5.91 Å². The summed E-state index contributed by atoms with van der Waals surface area (Å²) >= 11 is 0. The molecule has 124 valence electrons. The lowest BCUT2D eigenvalue weighted by atomic mass is 10.2. The lowest BCUT2D eigenvalue weighted by molar-refractivity contribution is 0.102. The Hall–Kier alpha value is -3.68. The number of aryl methyl sites for hydroxylation is 1. The summed E-state index contributed by atoms with van der Waals surface area (Å²) in [4.78, 5) is 12.5. The number of rotatable bonds is 4. The van der Waals surface area contributed by atoms with Gasteiger partial charge in [0.2, 0.25) is 0 Å². The molecule has 0 saturated carbocycles. The lowest BCUT2D eigenvalue weighted by Gasteiger charge is -2.08. The van der Waals surface area contributed by atoms with E-state index in [0.29, 0.717) is 16.9 Å². The van der Waals surface area contributed by atoms with E-state index in [9.17, 15) is 4.79 Å². The Balaban J connectivity index is 1.51. The molecule has 2 N–H and O–H groups in total. The van der Waals surface area contributed by atoms with Crippen LogP contribution in [0.15, 0.2) is 61.3 Å². The third kappa shape index (κ3) is 3.18. The maximum Gasteiger partial charge on any atom is 0.257 e. The Labute approximate surface area is 143 Å². The van der Waals surface area contributed by atoms with Crippen molar-refractivity contribution in [2.75, 3.05) is 10.6 Å². The summed E-state index contributed by atoms with van der Waals surface area (Å²) in [6.45, 7) is 0. The predicted molar refractivity (Wildman–Crippen MR) is 93.9 cm³/mol. The fourth-order valence-electron chi connectivity index (χ4n) is 2.49. The Morgan fingerprint density at radius 1 is 1.08 bits per heavy atom. The number of anilines is 3. The quantitative estimate of drug-likeness (QED) is 0.599. The van der Waals surface area contributed by atoms with Gasteiger partial charge in [-0.15, -0.1) is 10.2 Å². The van der Waals surface area contributed by atoms with E-state index in [1.54, 1.807) is 39.9 Å². The van der Waals surface area contributed by atoms with Crippen molar-refractivity contribution in [1.29, 1.82) is 0 Å². The maximum absolute atomic E-state index is 12.5. The molecule has 0 aliphatic carbocycles. The van der Waals surface area contributed by atoms with Gasteiger partial charge in [0.05, 0.1) is 17.4 Å². The molecule has 3 heterocycles. The molecule has 0 radical (unpaired) electrons. The molecule has 0 unspecified atom stereocenters. The summed E-state index contributed by atoms with van der Waals surface area (Å²) in [6.07, 6.45) is 6.87. The average molecular weight is 333 g/mol. The zero-order valence-corrected chi connectivity index (χ0v) is 13.4. The van der Waals surface area contributed by atoms with Crippen LogP contribution < -0.4 is 10.6 Å². The van der Waals surface area contributed by atoms with Crippen LogP contribution in [0.5, 0.6) is 0 Å². The fourth-order valence-corrected chi connectivity index (χ4v) is 2.49. The molecule has 25 heavy (non-hydrogen) atoms. The first-order valence-electron chi connectivity index (χ1n) is 7.64. The summed E-state index contributed by atoms with van der Waals surface area (Å²) in [5.74, 6) is -0.200. The fraction of sp³-hybridized carbons (Fsp3) is 0.0588. The minimum absolute atomic E-state index is 0.200. The van der Waals surface area contributed by atoms with Crippen molar-refractivity contribution in [1.82, 2.24) is 24.4 Å². The van der Waals surface area contributed by atoms with E-state index in [1.807, 2.05) is 37.5 Å². The molecule has 8 heteroatoms. The summed E-state index contributed by atoms with van der Waals surface area (Å²) in [6, 6.07) is 11.0. The van der Waals surface area contributed by atoms with Crippen molar-refractivity contribution in [2.45, 2.75) is 0 Å². The first-order chi connectivity index (χ1) is 12.2. The average Bonchev–Trinajstić information content (AvgIpc) is 3.23. The minimum Gasteiger partial charge on any atom is -0.353 e. The summed E-state index contributed by atoms with van der Waals surface area (Å²) < 4.78 is 3.42. The van der Waals surface area contributed by atoms with E-state index in [2.05, 4.69) is 25.9 Å². The molecule has 0 saturated heterocycles. The second kappa shape index (κ2) is 6.08. The summed E-state index contributed by atoms with van der Waals surface area (Å²) in [5, 5.41) is 18.0. The van der Waals surface area contributed by atoms with Gasteiger partial charge in [0.1, 0.15) is 6.33 Å². The number of carbonyl (C=O) groups excluding carboxylic acids is 1. The molecule has 0 atom stereocenters. The highest BCUT2D eigenvalue weighted by Crippen LogP contribution is 2.20. The third-order valence-corrected chi connectivity index (χ3v) is 3.67. The van der Waals surface area contributed by atoms with Crippen LogP contribution in [0.1, 0.15) is 10.4 Å². The van der Waals surface area contributed by atoms with Crippen LogP contribution in [0.3, 0.4) is 0 Å². The highest BCUT2D eigenvalue weighted by Gasteiger charge is 2.08. The number of amides is 1. The summed E-state index contributed by atoms with van der Waals surface area (Å²) in [5.41, 5.74) is 3.66. The molecule has 4 rings (SSSR count). The predicted octanol–water partition coefficient (Wildman–Crippen LogP) is 2.46. The van der Waals surface area contributed by atoms with Crippen LogP contribution in [-0.4, -0.2) is 30.3 Å². The first kappa shape index (κ1) is 14.9. The SMILES string of the molecule is Cn1cc(Nc2cccc(NC(=O)c3ccc4nncn4c3)c2)cn1. The Morgan fingerprint density at radius 2 is 1.96 bits per heavy atom. The molecular formula is C17H15N7O. The number of carbonyl (C=O) groups is 1. The molecule has 1 aromatic carbocycles. The molecule has 0 aliphatic heterocycles. The first-order valence-corrected chi connectivity index (χ1v) is 7.64. The van der Waals surface area contributed by atoms with Crippen LogP contribution in [0.2, 0.25) is 0 Å². The molecule has 0 aliphatic rings. The number of hydrogen-bond donors (Lipinski definition) is 2. The van der Waals surface area contributed by atoms with Crippen LogP contribution >= 0.6 is 0 Å². The lowest BCUT2D eigenvalue weighted by Crippen LogP contribution is -2.12. The normalized spacial score (nSPS) is 10.8. The van der Waals surface area contributed by atoms with Gasteiger partial charge in [-0.2, -0.15) is 5.10 Å². The number of fused-ring (bicyclic) bond motifs is 1. The third-order valence-electron chi connectivity index (χ3n) is 3.67. The van der Waals surface area contributed by atoms with Gasteiger partial charge in [-0.05, 0) is 30.3 Å². The number of pyridine rings is 1. The number of hydrogen-bond acceptors (Lipinski definition) is 5. The molecule has 8 nitrogen and oxygen atoms in total. The number of nitrogens with one attached hydrogen (secondary N) is 2. The van der Waals surface area contributed by atoms with Gasteiger partial charge >= 0.3 is 0 Å². The monoisotopic (exact) mass is 333 g/mol. The molecule has 3 aromatic heterocycles. The van der Waals surface area contributed by atoms with E-state index < -0.39 is 0 Å². The van der Waals surface area contributed by atoms with E-state index in [4.69, 9.17) is 0 Å². The van der Waals surface area contributed by atoms with E-state index in [-0.39, 0.29) is 5.91 Å². The zero-order chi connectivity index (χ0) is 17.2. The van der Waals surface area contributed by atoms with Gasteiger partial charge in [-0.1, -0.05) is 6.07 Å². The second-order valence-electron chi connectivity index (χ2n) is 5.58. The van der Waals surface area contributed by atoms with Crippen molar-refractivity contribution < 1.29 is 4.79 Å². The molecule has 0 bridgehead atoms. The largest absolute Gasteiger partial charge is 0.353 e. The van der Waals surface area contributed by atoms with E-state index in [1.165, 1.54) is 0 Å². The van der Waals surface area contributed by atoms with Crippen molar-refractivity contribution >= 4 is 28.6 Å². The maximum atomic E-state index is 12.5. The van der Waals surface area contributed by atoms with Crippen LogP contribution in [0.4, 0.5) is 17.1 Å². The molecule has 0 fully saturated rings. The van der Waals surface area contributed by atoms with Gasteiger partial charge in [0.15, 0.2) is 5.65 Å². The smallest absolute Gasteiger partial charge is 0.257 e. The topological polar surface area (TPSA) is 89.1 Å². The Bertz CT molecular complexity index is 1050. The van der Waals surface area contributed by atoms with E-state index in [0.717, 1.165) is 11.4 Å². The molecule has 4 aromatic rings. The standard InChI is InChI=1S/C17H15N7O/c1-23-10-15(8-19-23)20-13-3-2-4-14(7-13)21-17(25)12-5-6-16-22-18-11-24(16)9-12/h2-11,20H,1H3,(H,21,25). The summed E-state index contributed by atoms with van der Waals surface area (Å²) in [7, 11) is 1.86. The van der Waals surface area contributed by atoms with Crippen molar-refractivity contribution in [3.8, 4) is 0 Å². The van der Waals surface area contributed by atoms with Gasteiger partial charge < -0.3 is 10.6 Å². The minimum atomic E-state index is -0.200. The van der Waals surface area contributed by atoms with Crippen molar-refractivity contribution in [3.05, 3.63) is 66.9 Å². The number of benzene rings is 1. The van der Waals surface area contributed by atoms with Crippen LogP contribution in [0.25, 0.3) is 5.65 Å².